The quantitative estimate of drug-likeness (QED) is 0.841. The molecule has 0 aliphatic carbocycles. The molecular formula is C15H19NO3. The molecular weight excluding hydrogens is 242 g/mol. The van der Waals surface area contributed by atoms with E-state index in [-0.39, 0.29) is 18.1 Å². The van der Waals surface area contributed by atoms with Crippen molar-refractivity contribution >= 4 is 11.6 Å². The van der Waals surface area contributed by atoms with E-state index in [0.29, 0.717) is 13.0 Å². The summed E-state index contributed by atoms with van der Waals surface area (Å²) in [5.74, 6) is 0.0312. The van der Waals surface area contributed by atoms with Crippen LogP contribution in [0, 0.1) is 0 Å². The third-order valence-corrected chi connectivity index (χ3v) is 3.99. The van der Waals surface area contributed by atoms with Crippen LogP contribution < -0.4 is 4.90 Å². The maximum Gasteiger partial charge on any atom is 0.256 e. The fraction of sp³-hybridized carbons (Fsp3) is 0.533. The van der Waals surface area contributed by atoms with E-state index >= 15 is 0 Å². The lowest BCUT2D eigenvalue weighted by Crippen LogP contribution is -2.42. The number of fused-ring (bicyclic) bond motifs is 1. The number of carbonyl (C=O) groups excluding carboxylic acids is 1. The number of anilines is 1. The van der Waals surface area contributed by atoms with Gasteiger partial charge in [0.05, 0.1) is 12.2 Å². The van der Waals surface area contributed by atoms with Crippen LogP contribution in [0.25, 0.3) is 0 Å². The fourth-order valence-corrected chi connectivity index (χ4v) is 2.93. The molecule has 0 aromatic heterocycles. The number of carbonyl (C=O) groups is 1. The molecule has 4 heteroatoms. The minimum Gasteiger partial charge on any atom is -0.388 e. The number of amides is 1. The summed E-state index contributed by atoms with van der Waals surface area (Å²) < 4.78 is 5.66. The Kier molecular flexibility index (Phi) is 3.29. The highest BCUT2D eigenvalue weighted by molar-refractivity contribution is 5.97. The second-order valence-corrected chi connectivity index (χ2v) is 5.37. The van der Waals surface area contributed by atoms with Gasteiger partial charge in [-0.3, -0.25) is 4.79 Å². The molecule has 3 rings (SSSR count). The largest absolute Gasteiger partial charge is 0.388 e. The van der Waals surface area contributed by atoms with E-state index in [1.54, 1.807) is 4.90 Å². The average molecular weight is 261 g/mol. The topological polar surface area (TPSA) is 49.8 Å². The summed E-state index contributed by atoms with van der Waals surface area (Å²) in [6, 6.07) is 7.57. The highest BCUT2D eigenvalue weighted by Gasteiger charge is 2.35. The van der Waals surface area contributed by atoms with Crippen molar-refractivity contribution in [1.82, 2.24) is 0 Å². The first-order valence-corrected chi connectivity index (χ1v) is 6.90. The Morgan fingerprint density at radius 3 is 2.84 bits per heavy atom. The number of aliphatic hydroxyl groups excluding tert-OH is 1. The van der Waals surface area contributed by atoms with E-state index in [4.69, 9.17) is 4.74 Å². The van der Waals surface area contributed by atoms with Crippen LogP contribution in [0.15, 0.2) is 24.3 Å². The molecule has 2 heterocycles. The SMILES string of the molecule is CC1CCC(C(=O)N2CCC(O)c3ccccc32)O1. The Bertz CT molecular complexity index is 488. The first-order valence-electron chi connectivity index (χ1n) is 6.90. The van der Waals surface area contributed by atoms with Crippen LogP contribution in [-0.2, 0) is 9.53 Å². The monoisotopic (exact) mass is 261 g/mol. The lowest BCUT2D eigenvalue weighted by molar-refractivity contribution is -0.129. The van der Waals surface area contributed by atoms with Gasteiger partial charge in [-0.1, -0.05) is 18.2 Å². The third kappa shape index (κ3) is 2.26. The van der Waals surface area contributed by atoms with Crippen molar-refractivity contribution in [1.29, 1.82) is 0 Å². The van der Waals surface area contributed by atoms with Gasteiger partial charge in [-0.15, -0.1) is 0 Å². The van der Waals surface area contributed by atoms with Crippen molar-refractivity contribution in [3.05, 3.63) is 29.8 Å². The molecule has 3 atom stereocenters. The maximum absolute atomic E-state index is 12.5. The molecule has 1 N–H and O–H groups in total. The fourth-order valence-electron chi connectivity index (χ4n) is 2.93. The van der Waals surface area contributed by atoms with E-state index in [9.17, 15) is 9.90 Å². The molecule has 0 spiro atoms. The summed E-state index contributed by atoms with van der Waals surface area (Å²) in [7, 11) is 0. The number of hydrogen-bond donors (Lipinski definition) is 1. The Morgan fingerprint density at radius 2 is 2.11 bits per heavy atom. The lowest BCUT2D eigenvalue weighted by atomic mass is 9.98. The number of ether oxygens (including phenoxy) is 1. The van der Waals surface area contributed by atoms with Gasteiger partial charge in [0.25, 0.3) is 5.91 Å². The highest BCUT2D eigenvalue weighted by atomic mass is 16.5. The molecule has 2 aliphatic heterocycles. The van der Waals surface area contributed by atoms with Crippen LogP contribution in [0.2, 0.25) is 0 Å². The molecule has 0 radical (unpaired) electrons. The second-order valence-electron chi connectivity index (χ2n) is 5.37. The molecule has 0 saturated carbocycles. The number of para-hydroxylation sites is 1. The van der Waals surface area contributed by atoms with Crippen LogP contribution in [0.4, 0.5) is 5.69 Å². The number of aliphatic hydroxyl groups is 1. The summed E-state index contributed by atoms with van der Waals surface area (Å²) in [6.07, 6.45) is 1.70. The second kappa shape index (κ2) is 4.94. The molecule has 1 amide bonds. The van der Waals surface area contributed by atoms with Gasteiger partial charge in [0.1, 0.15) is 6.10 Å². The van der Waals surface area contributed by atoms with E-state index in [0.717, 1.165) is 24.1 Å². The molecule has 1 aromatic rings. The highest BCUT2D eigenvalue weighted by Crippen LogP contribution is 2.35. The molecule has 2 aliphatic rings. The Labute approximate surface area is 113 Å². The van der Waals surface area contributed by atoms with Crippen LogP contribution in [0.5, 0.6) is 0 Å². The summed E-state index contributed by atoms with van der Waals surface area (Å²) in [5, 5.41) is 10.00. The maximum atomic E-state index is 12.5. The zero-order chi connectivity index (χ0) is 13.4. The number of rotatable bonds is 1. The van der Waals surface area contributed by atoms with Crippen LogP contribution >= 0.6 is 0 Å². The van der Waals surface area contributed by atoms with Gasteiger partial charge >= 0.3 is 0 Å². The third-order valence-electron chi connectivity index (χ3n) is 3.99. The van der Waals surface area contributed by atoms with Crippen molar-refractivity contribution in [2.45, 2.75) is 44.5 Å². The molecule has 1 aromatic carbocycles. The summed E-state index contributed by atoms with van der Waals surface area (Å²) in [6.45, 7) is 2.56. The minimum atomic E-state index is -0.469. The summed E-state index contributed by atoms with van der Waals surface area (Å²) in [4.78, 5) is 14.3. The number of nitrogens with zero attached hydrogens (tertiary/aromatic N) is 1. The Hall–Kier alpha value is -1.39. The van der Waals surface area contributed by atoms with Gasteiger partial charge in [0.15, 0.2) is 0 Å². The van der Waals surface area contributed by atoms with E-state index < -0.39 is 6.10 Å². The lowest BCUT2D eigenvalue weighted by Gasteiger charge is -2.33. The zero-order valence-electron chi connectivity index (χ0n) is 11.1. The molecule has 19 heavy (non-hydrogen) atoms. The molecule has 1 saturated heterocycles. The van der Waals surface area contributed by atoms with E-state index in [1.807, 2.05) is 31.2 Å². The average Bonchev–Trinajstić information content (AvgIpc) is 2.86. The van der Waals surface area contributed by atoms with Crippen LogP contribution in [0.1, 0.15) is 37.9 Å². The normalized spacial score (nSPS) is 30.2. The first-order chi connectivity index (χ1) is 9.16. The van der Waals surface area contributed by atoms with Gasteiger partial charge in [-0.05, 0) is 32.3 Å². The van der Waals surface area contributed by atoms with Crippen LogP contribution in [-0.4, -0.2) is 29.8 Å². The van der Waals surface area contributed by atoms with Gasteiger partial charge in [0, 0.05) is 17.8 Å². The predicted molar refractivity (Wildman–Crippen MR) is 71.9 cm³/mol. The molecule has 102 valence electrons. The Morgan fingerprint density at radius 1 is 1.32 bits per heavy atom. The minimum absolute atomic E-state index is 0.0312. The van der Waals surface area contributed by atoms with E-state index in [1.165, 1.54) is 0 Å². The molecule has 0 bridgehead atoms. The first kappa shape index (κ1) is 12.6. The van der Waals surface area contributed by atoms with Crippen LogP contribution in [0.3, 0.4) is 0 Å². The van der Waals surface area contributed by atoms with E-state index in [2.05, 4.69) is 0 Å². The summed E-state index contributed by atoms with van der Waals surface area (Å²) in [5.41, 5.74) is 1.67. The van der Waals surface area contributed by atoms with Gasteiger partial charge in [0.2, 0.25) is 0 Å². The van der Waals surface area contributed by atoms with Gasteiger partial charge in [-0.2, -0.15) is 0 Å². The number of benzene rings is 1. The smallest absolute Gasteiger partial charge is 0.256 e. The summed E-state index contributed by atoms with van der Waals surface area (Å²) >= 11 is 0. The van der Waals surface area contributed by atoms with Crippen molar-refractivity contribution in [2.75, 3.05) is 11.4 Å². The van der Waals surface area contributed by atoms with Gasteiger partial charge < -0.3 is 14.7 Å². The van der Waals surface area contributed by atoms with Crippen molar-refractivity contribution in [3.63, 3.8) is 0 Å². The zero-order valence-corrected chi connectivity index (χ0v) is 11.1. The standard InChI is InChI=1S/C15H19NO3/c1-10-6-7-14(19-10)15(18)16-9-8-13(17)11-4-2-3-5-12(11)16/h2-5,10,13-14,17H,6-9H2,1H3. The predicted octanol–water partition coefficient (Wildman–Crippen LogP) is 2.02. The molecule has 3 unspecified atom stereocenters. The van der Waals surface area contributed by atoms with Gasteiger partial charge in [-0.25, -0.2) is 0 Å². The van der Waals surface area contributed by atoms with Crippen molar-refractivity contribution < 1.29 is 14.6 Å². The molecule has 1 fully saturated rings. The van der Waals surface area contributed by atoms with Crippen molar-refractivity contribution in [2.24, 2.45) is 0 Å². The molecule has 4 nitrogen and oxygen atoms in total. The van der Waals surface area contributed by atoms with Crippen molar-refractivity contribution in [3.8, 4) is 0 Å². The number of hydrogen-bond acceptors (Lipinski definition) is 3. The Balaban J connectivity index is 1.86.